The zero-order valence-electron chi connectivity index (χ0n) is 14.6. The Morgan fingerprint density at radius 3 is 2.75 bits per heavy atom. The van der Waals surface area contributed by atoms with E-state index in [4.69, 9.17) is 0 Å². The van der Waals surface area contributed by atoms with Gasteiger partial charge in [0.05, 0.1) is 5.60 Å². The molecule has 0 saturated carbocycles. The van der Waals surface area contributed by atoms with Gasteiger partial charge in [0.1, 0.15) is 0 Å². The number of piperidine rings is 1. The third kappa shape index (κ3) is 3.48. The summed E-state index contributed by atoms with van der Waals surface area (Å²) in [5, 5.41) is 27.8. The fourth-order valence-corrected chi connectivity index (χ4v) is 3.84. The van der Waals surface area contributed by atoms with Crippen molar-refractivity contribution in [2.75, 3.05) is 26.7 Å². The normalized spacial score (nSPS) is 23.9. The van der Waals surface area contributed by atoms with E-state index in [1.54, 1.807) is 0 Å². The molecule has 1 atom stereocenters. The number of nitrogens with one attached hydrogen (secondary N) is 1. The van der Waals surface area contributed by atoms with Gasteiger partial charge in [0.15, 0.2) is 5.69 Å². The second-order valence-corrected chi connectivity index (χ2v) is 7.24. The van der Waals surface area contributed by atoms with E-state index < -0.39 is 11.6 Å². The van der Waals surface area contributed by atoms with Crippen LogP contribution in [-0.2, 0) is 19.4 Å². The minimum atomic E-state index is -0.951. The van der Waals surface area contributed by atoms with Gasteiger partial charge in [0.2, 0.25) is 0 Å². The van der Waals surface area contributed by atoms with Gasteiger partial charge >= 0.3 is 5.97 Å². The molecule has 24 heavy (non-hydrogen) atoms. The van der Waals surface area contributed by atoms with Crippen molar-refractivity contribution in [3.05, 3.63) is 17.0 Å². The number of hydrogen-bond acceptors (Lipinski definition) is 5. The molecule has 0 unspecified atom stereocenters. The van der Waals surface area contributed by atoms with Gasteiger partial charge in [-0.3, -0.25) is 4.68 Å². The van der Waals surface area contributed by atoms with Gasteiger partial charge in [-0.15, -0.1) is 0 Å². The largest absolute Gasteiger partial charge is 0.476 e. The molecule has 3 N–H and O–H groups in total. The fraction of sp³-hybridized carbons (Fsp3) is 0.765. The Bertz CT molecular complexity index is 605. The third-order valence-electron chi connectivity index (χ3n) is 5.49. The first-order valence-corrected chi connectivity index (χ1v) is 8.88. The van der Waals surface area contributed by atoms with Gasteiger partial charge in [-0.1, -0.05) is 0 Å². The minimum absolute atomic E-state index is 0.191. The monoisotopic (exact) mass is 336 g/mol. The number of fused-ring (bicyclic) bond motifs is 1. The van der Waals surface area contributed by atoms with Gasteiger partial charge in [-0.05, 0) is 46.1 Å². The van der Waals surface area contributed by atoms with Crippen LogP contribution in [0, 0.1) is 0 Å². The summed E-state index contributed by atoms with van der Waals surface area (Å²) in [7, 11) is 2.08. The Labute approximate surface area is 142 Å². The van der Waals surface area contributed by atoms with Crippen molar-refractivity contribution in [3.63, 3.8) is 0 Å². The summed E-state index contributed by atoms with van der Waals surface area (Å²) in [6.07, 6.45) is 4.02. The molecular formula is C17H28N4O3. The Morgan fingerprint density at radius 1 is 1.42 bits per heavy atom. The fourth-order valence-electron chi connectivity index (χ4n) is 3.84. The molecule has 134 valence electrons. The molecule has 1 aliphatic carbocycles. The summed E-state index contributed by atoms with van der Waals surface area (Å²) in [5.41, 5.74) is 1.47. The number of aliphatic hydroxyl groups is 1. The Hall–Kier alpha value is -1.44. The van der Waals surface area contributed by atoms with Crippen LogP contribution >= 0.6 is 0 Å². The highest BCUT2D eigenvalue weighted by molar-refractivity contribution is 5.87. The lowest BCUT2D eigenvalue weighted by Gasteiger charge is -2.38. The van der Waals surface area contributed by atoms with Crippen molar-refractivity contribution in [1.82, 2.24) is 20.0 Å². The molecule has 1 saturated heterocycles. The average Bonchev–Trinajstić information content (AvgIpc) is 2.94. The molecule has 1 aliphatic heterocycles. The number of aromatic carboxylic acids is 1. The van der Waals surface area contributed by atoms with Gasteiger partial charge in [0.25, 0.3) is 0 Å². The molecule has 0 radical (unpaired) electrons. The van der Waals surface area contributed by atoms with Gasteiger partial charge in [-0.25, -0.2) is 4.79 Å². The van der Waals surface area contributed by atoms with Crippen LogP contribution in [0.2, 0.25) is 0 Å². The van der Waals surface area contributed by atoms with Crippen molar-refractivity contribution < 1.29 is 15.0 Å². The SMILES string of the molecule is CCn1nc(C(=O)O)c2c1CC[C@H](NCC1(O)CCN(C)CC1)C2. The first-order chi connectivity index (χ1) is 11.4. The Morgan fingerprint density at radius 2 is 2.12 bits per heavy atom. The molecule has 0 aromatic carbocycles. The highest BCUT2D eigenvalue weighted by Crippen LogP contribution is 2.26. The maximum atomic E-state index is 11.5. The number of carbonyl (C=O) groups is 1. The first kappa shape index (κ1) is 17.4. The topological polar surface area (TPSA) is 90.6 Å². The van der Waals surface area contributed by atoms with Crippen molar-refractivity contribution in [2.45, 2.75) is 57.2 Å². The molecule has 2 aliphatic rings. The van der Waals surface area contributed by atoms with E-state index in [1.807, 2.05) is 11.6 Å². The average molecular weight is 336 g/mol. The number of carboxylic acids is 1. The zero-order valence-corrected chi connectivity index (χ0v) is 14.6. The molecule has 7 nitrogen and oxygen atoms in total. The summed E-state index contributed by atoms with van der Waals surface area (Å²) in [6, 6.07) is 0.203. The van der Waals surface area contributed by atoms with Crippen LogP contribution in [-0.4, -0.2) is 69.2 Å². The molecule has 0 amide bonds. The lowest BCUT2D eigenvalue weighted by atomic mass is 9.88. The molecule has 3 rings (SSSR count). The maximum absolute atomic E-state index is 11.5. The number of nitrogens with zero attached hydrogens (tertiary/aromatic N) is 3. The Balaban J connectivity index is 1.65. The highest BCUT2D eigenvalue weighted by Gasteiger charge is 2.33. The second-order valence-electron chi connectivity index (χ2n) is 7.24. The van der Waals surface area contributed by atoms with Crippen molar-refractivity contribution in [3.8, 4) is 0 Å². The van der Waals surface area contributed by atoms with Crippen LogP contribution in [0.15, 0.2) is 0 Å². The van der Waals surface area contributed by atoms with Crippen LogP contribution in [0.25, 0.3) is 0 Å². The quantitative estimate of drug-likeness (QED) is 0.726. The van der Waals surface area contributed by atoms with Gasteiger partial charge in [0, 0.05) is 43.5 Å². The smallest absolute Gasteiger partial charge is 0.356 e. The van der Waals surface area contributed by atoms with Gasteiger partial charge < -0.3 is 20.4 Å². The summed E-state index contributed by atoms with van der Waals surface area (Å²) in [6.45, 7) is 5.09. The number of aryl methyl sites for hydroxylation is 1. The molecule has 0 spiro atoms. The van der Waals surface area contributed by atoms with Crippen LogP contribution in [0.4, 0.5) is 0 Å². The Kier molecular flexibility index (Phi) is 4.94. The van der Waals surface area contributed by atoms with Gasteiger partial charge in [-0.2, -0.15) is 5.10 Å². The van der Waals surface area contributed by atoms with E-state index in [-0.39, 0.29) is 11.7 Å². The van der Waals surface area contributed by atoms with E-state index >= 15 is 0 Å². The predicted molar refractivity (Wildman–Crippen MR) is 90.4 cm³/mol. The number of rotatable bonds is 5. The zero-order chi connectivity index (χ0) is 17.3. The van der Waals surface area contributed by atoms with E-state index in [0.29, 0.717) is 19.5 Å². The molecule has 2 heterocycles. The van der Waals surface area contributed by atoms with Crippen LogP contribution in [0.1, 0.15) is 47.9 Å². The van der Waals surface area contributed by atoms with Crippen molar-refractivity contribution in [2.24, 2.45) is 0 Å². The highest BCUT2D eigenvalue weighted by atomic mass is 16.4. The lowest BCUT2D eigenvalue weighted by molar-refractivity contribution is -0.0165. The number of carboxylic acid groups (broad SMARTS) is 1. The third-order valence-corrected chi connectivity index (χ3v) is 5.49. The molecule has 7 heteroatoms. The summed E-state index contributed by atoms with van der Waals surface area (Å²) in [4.78, 5) is 13.7. The first-order valence-electron chi connectivity index (χ1n) is 8.88. The molecule has 1 aromatic heterocycles. The predicted octanol–water partition coefficient (Wildman–Crippen LogP) is 0.505. The summed E-state index contributed by atoms with van der Waals surface area (Å²) < 4.78 is 1.82. The van der Waals surface area contributed by atoms with Crippen molar-refractivity contribution in [1.29, 1.82) is 0 Å². The van der Waals surface area contributed by atoms with E-state index in [0.717, 1.165) is 50.0 Å². The lowest BCUT2D eigenvalue weighted by Crippen LogP contribution is -2.51. The molecule has 1 aromatic rings. The van der Waals surface area contributed by atoms with E-state index in [2.05, 4.69) is 22.4 Å². The number of hydrogen-bond donors (Lipinski definition) is 3. The maximum Gasteiger partial charge on any atom is 0.356 e. The standard InChI is InChI=1S/C17H28N4O3/c1-3-21-14-5-4-12(10-13(14)15(19-21)16(22)23)18-11-17(24)6-8-20(2)9-7-17/h12,18,24H,3-11H2,1-2H3,(H,22,23)/t12-/m0/s1. The number of likely N-dealkylation sites (tertiary alicyclic amines) is 1. The van der Waals surface area contributed by atoms with Crippen LogP contribution in [0.5, 0.6) is 0 Å². The van der Waals surface area contributed by atoms with E-state index in [1.165, 1.54) is 0 Å². The molecule has 0 bridgehead atoms. The van der Waals surface area contributed by atoms with E-state index in [9.17, 15) is 15.0 Å². The minimum Gasteiger partial charge on any atom is -0.476 e. The summed E-state index contributed by atoms with van der Waals surface area (Å²) in [5.74, 6) is -0.951. The van der Waals surface area contributed by atoms with Crippen molar-refractivity contribution >= 4 is 5.97 Å². The number of aromatic nitrogens is 2. The summed E-state index contributed by atoms with van der Waals surface area (Å²) >= 11 is 0. The second kappa shape index (κ2) is 6.82. The van der Waals surface area contributed by atoms with Crippen LogP contribution < -0.4 is 5.32 Å². The van der Waals surface area contributed by atoms with Crippen LogP contribution in [0.3, 0.4) is 0 Å². The molecule has 1 fully saturated rings. The molecular weight excluding hydrogens is 308 g/mol.